The van der Waals surface area contributed by atoms with Crippen molar-refractivity contribution in [2.75, 3.05) is 0 Å². The summed E-state index contributed by atoms with van der Waals surface area (Å²) in [7, 11) is -4.40. The van der Waals surface area contributed by atoms with Gasteiger partial charge in [-0.15, -0.1) is 0 Å². The molecule has 4 aromatic rings. The molecule has 4 heteroatoms. The maximum absolute atomic E-state index is 12.5. The molecule has 5 rings (SSSR count). The minimum atomic E-state index is -4.40. The van der Waals surface area contributed by atoms with Crippen LogP contribution in [0.1, 0.15) is 16.8 Å². The van der Waals surface area contributed by atoms with Crippen molar-refractivity contribution < 1.29 is 14.4 Å². The molecule has 4 aromatic carbocycles. The summed E-state index contributed by atoms with van der Waals surface area (Å²) in [6.07, 6.45) is 0. The summed E-state index contributed by atoms with van der Waals surface area (Å²) in [5, 5.41) is 0. The number of hydrogen-bond donors (Lipinski definition) is 2. The van der Waals surface area contributed by atoms with E-state index in [0.717, 1.165) is 33.4 Å². The van der Waals surface area contributed by atoms with E-state index in [2.05, 4.69) is 0 Å². The molecule has 0 saturated carbocycles. The van der Waals surface area contributed by atoms with Gasteiger partial charge in [-0.1, -0.05) is 84.9 Å². The van der Waals surface area contributed by atoms with Gasteiger partial charge in [-0.3, -0.25) is 4.57 Å². The highest BCUT2D eigenvalue weighted by molar-refractivity contribution is 7.52. The lowest BCUT2D eigenvalue weighted by atomic mass is 9.98. The van der Waals surface area contributed by atoms with Crippen molar-refractivity contribution in [3.63, 3.8) is 0 Å². The molecule has 0 bridgehead atoms. The van der Waals surface area contributed by atoms with E-state index < -0.39 is 13.3 Å². The quantitative estimate of drug-likeness (QED) is 0.400. The molecule has 2 N–H and O–H groups in total. The lowest BCUT2D eigenvalue weighted by Crippen LogP contribution is -1.98. The Bertz CT molecular complexity index is 1150. The van der Waals surface area contributed by atoms with Crippen LogP contribution in [0.4, 0.5) is 0 Å². The van der Waals surface area contributed by atoms with Gasteiger partial charge in [0.2, 0.25) is 0 Å². The van der Waals surface area contributed by atoms with E-state index in [0.29, 0.717) is 11.1 Å². The highest BCUT2D eigenvalue weighted by atomic mass is 31.2. The lowest BCUT2D eigenvalue weighted by molar-refractivity contribution is 0.365. The second kappa shape index (κ2) is 6.82. The highest BCUT2D eigenvalue weighted by Gasteiger charge is 2.40. The molecule has 0 amide bonds. The highest BCUT2D eigenvalue weighted by Crippen LogP contribution is 2.63. The average Bonchev–Trinajstić information content (AvgIpc) is 3.08. The number of fused-ring (bicyclic) bond motifs is 3. The van der Waals surface area contributed by atoms with Crippen LogP contribution in [0.15, 0.2) is 97.1 Å². The lowest BCUT2D eigenvalue weighted by Gasteiger charge is -2.17. The Labute approximate surface area is 169 Å². The normalized spacial score (nSPS) is 13.2. The van der Waals surface area contributed by atoms with E-state index in [9.17, 15) is 14.4 Å². The Kier molecular flexibility index (Phi) is 4.25. The molecule has 1 aliphatic rings. The van der Waals surface area contributed by atoms with Gasteiger partial charge in [-0.05, 0) is 56.6 Å². The third-order valence-corrected chi connectivity index (χ3v) is 6.76. The van der Waals surface area contributed by atoms with E-state index in [1.54, 1.807) is 0 Å². The molecule has 142 valence electrons. The summed E-state index contributed by atoms with van der Waals surface area (Å²) in [6.45, 7) is 0. The molecule has 0 fully saturated rings. The number of rotatable bonds is 3. The van der Waals surface area contributed by atoms with Gasteiger partial charge in [0, 0.05) is 0 Å². The van der Waals surface area contributed by atoms with Crippen LogP contribution in [0.25, 0.3) is 33.4 Å². The maximum Gasteiger partial charge on any atom is 0.337 e. The molecule has 0 heterocycles. The fourth-order valence-electron chi connectivity index (χ4n) is 4.22. The Balaban J connectivity index is 1.69. The molecule has 0 aliphatic heterocycles. The molecule has 1 aliphatic carbocycles. The monoisotopic (exact) mass is 398 g/mol. The Morgan fingerprint density at radius 2 is 0.966 bits per heavy atom. The van der Waals surface area contributed by atoms with Crippen molar-refractivity contribution in [2.24, 2.45) is 0 Å². The fraction of sp³-hybridized carbons (Fsp3) is 0.0400. The summed E-state index contributed by atoms with van der Waals surface area (Å²) >= 11 is 0. The molecule has 0 saturated heterocycles. The second-order valence-electron chi connectivity index (χ2n) is 7.33. The SMILES string of the molecule is O=P(O)(O)C1c2cc(-c3ccccc3)ccc2-c2ccc(-c3ccccc3)cc21. The number of benzene rings is 4. The predicted molar refractivity (Wildman–Crippen MR) is 117 cm³/mol. The van der Waals surface area contributed by atoms with Gasteiger partial charge in [-0.2, -0.15) is 0 Å². The molecule has 0 radical (unpaired) electrons. The van der Waals surface area contributed by atoms with Crippen molar-refractivity contribution in [3.8, 4) is 33.4 Å². The summed E-state index contributed by atoms with van der Waals surface area (Å²) in [5.41, 5.74) is 6.21. The van der Waals surface area contributed by atoms with E-state index in [-0.39, 0.29) is 0 Å². The molecule has 0 unspecified atom stereocenters. The van der Waals surface area contributed by atoms with Crippen LogP contribution < -0.4 is 0 Å². The van der Waals surface area contributed by atoms with Gasteiger partial charge in [0.05, 0.1) is 0 Å². The zero-order chi connectivity index (χ0) is 20.0. The molecule has 29 heavy (non-hydrogen) atoms. The average molecular weight is 398 g/mol. The smallest absolute Gasteiger partial charge is 0.324 e. The van der Waals surface area contributed by atoms with Crippen molar-refractivity contribution in [1.82, 2.24) is 0 Å². The first kappa shape index (κ1) is 18.1. The summed E-state index contributed by atoms with van der Waals surface area (Å²) in [4.78, 5) is 20.5. The summed E-state index contributed by atoms with van der Waals surface area (Å²) in [6, 6.07) is 31.6. The summed E-state index contributed by atoms with van der Waals surface area (Å²) < 4.78 is 12.5. The van der Waals surface area contributed by atoms with E-state index in [4.69, 9.17) is 0 Å². The van der Waals surface area contributed by atoms with Crippen LogP contribution in [0.3, 0.4) is 0 Å². The fourth-order valence-corrected chi connectivity index (χ4v) is 5.37. The molecule has 3 nitrogen and oxygen atoms in total. The van der Waals surface area contributed by atoms with Crippen molar-refractivity contribution >= 4 is 7.60 Å². The van der Waals surface area contributed by atoms with Crippen LogP contribution in [-0.2, 0) is 4.57 Å². The second-order valence-corrected chi connectivity index (χ2v) is 9.02. The molecule has 0 spiro atoms. The van der Waals surface area contributed by atoms with Crippen LogP contribution in [-0.4, -0.2) is 9.79 Å². The van der Waals surface area contributed by atoms with Gasteiger partial charge in [0.1, 0.15) is 5.66 Å². The molecular weight excluding hydrogens is 379 g/mol. The van der Waals surface area contributed by atoms with Gasteiger partial charge in [0.15, 0.2) is 0 Å². The molecule has 0 atom stereocenters. The minimum absolute atomic E-state index is 0.694. The first-order valence-corrected chi connectivity index (χ1v) is 11.1. The minimum Gasteiger partial charge on any atom is -0.324 e. The van der Waals surface area contributed by atoms with E-state index in [1.165, 1.54) is 0 Å². The van der Waals surface area contributed by atoms with Gasteiger partial charge < -0.3 is 9.79 Å². The summed E-state index contributed by atoms with van der Waals surface area (Å²) in [5.74, 6) is 0. The number of hydrogen-bond acceptors (Lipinski definition) is 1. The van der Waals surface area contributed by atoms with Crippen LogP contribution >= 0.6 is 7.60 Å². The van der Waals surface area contributed by atoms with Gasteiger partial charge in [-0.25, -0.2) is 0 Å². The van der Waals surface area contributed by atoms with Crippen molar-refractivity contribution in [1.29, 1.82) is 0 Å². The first-order valence-electron chi connectivity index (χ1n) is 9.47. The third kappa shape index (κ3) is 3.14. The van der Waals surface area contributed by atoms with Crippen LogP contribution in [0.5, 0.6) is 0 Å². The van der Waals surface area contributed by atoms with Crippen LogP contribution in [0, 0.1) is 0 Å². The predicted octanol–water partition coefficient (Wildman–Crippen LogP) is 6.27. The van der Waals surface area contributed by atoms with Gasteiger partial charge in [0.25, 0.3) is 0 Å². The van der Waals surface area contributed by atoms with E-state index in [1.807, 2.05) is 97.1 Å². The zero-order valence-corrected chi connectivity index (χ0v) is 16.5. The standard InChI is InChI=1S/C25H19O3P/c26-29(27,28)25-23-15-19(17-7-3-1-4-8-17)11-13-21(23)22-14-12-20(16-24(22)25)18-9-5-2-6-10-18/h1-16,25H,(H2,26,27,28). The van der Waals surface area contributed by atoms with Crippen molar-refractivity contribution in [2.45, 2.75) is 5.66 Å². The Morgan fingerprint density at radius 1 is 0.552 bits per heavy atom. The Morgan fingerprint density at radius 3 is 1.34 bits per heavy atom. The molecular formula is C25H19O3P. The van der Waals surface area contributed by atoms with Crippen LogP contribution in [0.2, 0.25) is 0 Å². The third-order valence-electron chi connectivity index (χ3n) is 5.53. The van der Waals surface area contributed by atoms with Crippen molar-refractivity contribution in [3.05, 3.63) is 108 Å². The zero-order valence-electron chi connectivity index (χ0n) is 15.6. The first-order chi connectivity index (χ1) is 14.0. The Hall–Kier alpha value is -2.97. The van der Waals surface area contributed by atoms with E-state index >= 15 is 0 Å². The van der Waals surface area contributed by atoms with Gasteiger partial charge >= 0.3 is 7.60 Å². The largest absolute Gasteiger partial charge is 0.337 e. The topological polar surface area (TPSA) is 57.5 Å². The maximum atomic E-state index is 12.5. The molecule has 0 aromatic heterocycles.